The second-order valence-electron chi connectivity index (χ2n) is 5.21. The Bertz CT molecular complexity index is 377. The molecule has 0 aromatic heterocycles. The van der Waals surface area contributed by atoms with Crippen molar-refractivity contribution in [3.63, 3.8) is 0 Å². The van der Waals surface area contributed by atoms with Crippen molar-refractivity contribution in [1.29, 1.82) is 0 Å². The predicted molar refractivity (Wildman–Crippen MR) is 82.3 cm³/mol. The molecule has 4 heteroatoms. The second-order valence-corrected chi connectivity index (χ2v) is 5.65. The van der Waals surface area contributed by atoms with Crippen molar-refractivity contribution in [1.82, 2.24) is 5.32 Å². The molecule has 1 aromatic rings. The van der Waals surface area contributed by atoms with Crippen LogP contribution in [0.3, 0.4) is 0 Å². The molecule has 0 radical (unpaired) electrons. The van der Waals surface area contributed by atoms with Crippen LogP contribution in [0.25, 0.3) is 0 Å². The first-order valence-corrected chi connectivity index (χ1v) is 7.86. The van der Waals surface area contributed by atoms with Crippen LogP contribution < -0.4 is 5.32 Å². The third kappa shape index (κ3) is 5.06. The lowest BCUT2D eigenvalue weighted by Crippen LogP contribution is -2.26. The van der Waals surface area contributed by atoms with Gasteiger partial charge in [0.1, 0.15) is 0 Å². The smallest absolute Gasteiger partial charge is 0.0950 e. The molecule has 0 bridgehead atoms. The van der Waals surface area contributed by atoms with Gasteiger partial charge in [0.25, 0.3) is 0 Å². The lowest BCUT2D eigenvalue weighted by atomic mass is 10.1. The van der Waals surface area contributed by atoms with Crippen LogP contribution in [0.1, 0.15) is 37.9 Å². The molecule has 2 atom stereocenters. The topological polar surface area (TPSA) is 30.5 Å². The fourth-order valence-corrected chi connectivity index (χ4v) is 2.49. The van der Waals surface area contributed by atoms with Gasteiger partial charge in [0.15, 0.2) is 0 Å². The average Bonchev–Trinajstić information content (AvgIpc) is 2.97. The van der Waals surface area contributed by atoms with E-state index in [-0.39, 0.29) is 12.2 Å². The molecule has 3 nitrogen and oxygen atoms in total. The molecular weight excluding hydrogens is 274 g/mol. The molecule has 112 valence electrons. The van der Waals surface area contributed by atoms with Gasteiger partial charge in [-0.15, -0.1) is 0 Å². The van der Waals surface area contributed by atoms with Crippen molar-refractivity contribution in [2.45, 2.75) is 38.4 Å². The number of hydrogen-bond donors (Lipinski definition) is 1. The molecule has 1 fully saturated rings. The van der Waals surface area contributed by atoms with Gasteiger partial charge in [0.2, 0.25) is 0 Å². The molecule has 0 spiro atoms. The van der Waals surface area contributed by atoms with E-state index in [2.05, 4.69) is 12.2 Å². The predicted octanol–water partition coefficient (Wildman–Crippen LogP) is 3.58. The highest BCUT2D eigenvalue weighted by Gasteiger charge is 2.19. The van der Waals surface area contributed by atoms with Gasteiger partial charge < -0.3 is 14.8 Å². The van der Waals surface area contributed by atoms with Crippen LogP contribution in [-0.2, 0) is 9.47 Å². The molecule has 1 aromatic carbocycles. The first-order valence-electron chi connectivity index (χ1n) is 7.49. The van der Waals surface area contributed by atoms with Gasteiger partial charge in [-0.05, 0) is 43.5 Å². The third-order valence-electron chi connectivity index (χ3n) is 3.51. The van der Waals surface area contributed by atoms with E-state index >= 15 is 0 Å². The SMILES string of the molecule is CCCNCC(OCC1CCCO1)c1ccc(Cl)cc1. The van der Waals surface area contributed by atoms with Gasteiger partial charge in [0, 0.05) is 18.2 Å². The molecule has 1 heterocycles. The third-order valence-corrected chi connectivity index (χ3v) is 3.76. The van der Waals surface area contributed by atoms with Crippen LogP contribution in [0.2, 0.25) is 5.02 Å². The van der Waals surface area contributed by atoms with Crippen molar-refractivity contribution >= 4 is 11.6 Å². The number of benzene rings is 1. The Balaban J connectivity index is 1.90. The van der Waals surface area contributed by atoms with Crippen LogP contribution in [0.5, 0.6) is 0 Å². The summed E-state index contributed by atoms with van der Waals surface area (Å²) in [7, 11) is 0. The Hall–Kier alpha value is -0.610. The fourth-order valence-electron chi connectivity index (χ4n) is 2.36. The molecular formula is C16H24ClNO2. The zero-order valence-electron chi connectivity index (χ0n) is 12.1. The Morgan fingerprint density at radius 2 is 2.20 bits per heavy atom. The minimum absolute atomic E-state index is 0.0583. The largest absolute Gasteiger partial charge is 0.376 e. The summed E-state index contributed by atoms with van der Waals surface area (Å²) in [5, 5.41) is 4.18. The lowest BCUT2D eigenvalue weighted by Gasteiger charge is -2.21. The molecule has 20 heavy (non-hydrogen) atoms. The zero-order chi connectivity index (χ0) is 14.2. The summed E-state index contributed by atoms with van der Waals surface area (Å²) in [6, 6.07) is 7.91. The van der Waals surface area contributed by atoms with Gasteiger partial charge in [-0.25, -0.2) is 0 Å². The summed E-state index contributed by atoms with van der Waals surface area (Å²) in [4.78, 5) is 0. The first kappa shape index (κ1) is 15.8. The maximum absolute atomic E-state index is 6.07. The summed E-state index contributed by atoms with van der Waals surface area (Å²) >= 11 is 5.95. The van der Waals surface area contributed by atoms with Gasteiger partial charge in [-0.1, -0.05) is 30.7 Å². The molecule has 2 rings (SSSR count). The van der Waals surface area contributed by atoms with Gasteiger partial charge in [-0.2, -0.15) is 0 Å². The van der Waals surface area contributed by atoms with Crippen LogP contribution in [0.4, 0.5) is 0 Å². The molecule has 1 aliphatic rings. The summed E-state index contributed by atoms with van der Waals surface area (Å²) < 4.78 is 11.7. The Kier molecular flexibility index (Phi) is 6.80. The molecule has 2 unspecified atom stereocenters. The van der Waals surface area contributed by atoms with Crippen molar-refractivity contribution < 1.29 is 9.47 Å². The normalized spacial score (nSPS) is 20.2. The minimum Gasteiger partial charge on any atom is -0.376 e. The van der Waals surface area contributed by atoms with Crippen molar-refractivity contribution in [2.24, 2.45) is 0 Å². The van der Waals surface area contributed by atoms with E-state index in [9.17, 15) is 0 Å². The minimum atomic E-state index is 0.0583. The molecule has 0 saturated carbocycles. The maximum atomic E-state index is 6.07. The summed E-state index contributed by atoms with van der Waals surface area (Å²) in [5.41, 5.74) is 1.16. The maximum Gasteiger partial charge on any atom is 0.0950 e. The van der Waals surface area contributed by atoms with E-state index in [1.165, 1.54) is 0 Å². The molecule has 0 amide bonds. The average molecular weight is 298 g/mol. The van der Waals surface area contributed by atoms with Crippen LogP contribution in [0, 0.1) is 0 Å². The number of hydrogen-bond acceptors (Lipinski definition) is 3. The Morgan fingerprint density at radius 1 is 1.40 bits per heavy atom. The number of halogens is 1. The van der Waals surface area contributed by atoms with Crippen LogP contribution in [-0.4, -0.2) is 32.4 Å². The highest BCUT2D eigenvalue weighted by Crippen LogP contribution is 2.21. The molecule has 1 saturated heterocycles. The van der Waals surface area contributed by atoms with E-state index in [1.807, 2.05) is 24.3 Å². The molecule has 0 aliphatic carbocycles. The fraction of sp³-hybridized carbons (Fsp3) is 0.625. The highest BCUT2D eigenvalue weighted by atomic mass is 35.5. The molecule has 1 N–H and O–H groups in total. The van der Waals surface area contributed by atoms with Crippen molar-refractivity contribution in [2.75, 3.05) is 26.3 Å². The highest BCUT2D eigenvalue weighted by molar-refractivity contribution is 6.30. The standard InChI is InChI=1S/C16H24ClNO2/c1-2-9-18-11-16(13-5-7-14(17)8-6-13)20-12-15-4-3-10-19-15/h5-8,15-16,18H,2-4,9-12H2,1H3. The Labute approximate surface area is 126 Å². The quantitative estimate of drug-likeness (QED) is 0.744. The van der Waals surface area contributed by atoms with E-state index in [1.54, 1.807) is 0 Å². The van der Waals surface area contributed by atoms with Gasteiger partial charge in [-0.3, -0.25) is 0 Å². The second kappa shape index (κ2) is 8.63. The zero-order valence-corrected chi connectivity index (χ0v) is 12.9. The van der Waals surface area contributed by atoms with Crippen molar-refractivity contribution in [3.05, 3.63) is 34.9 Å². The lowest BCUT2D eigenvalue weighted by molar-refractivity contribution is -0.0209. The Morgan fingerprint density at radius 3 is 2.85 bits per heavy atom. The van der Waals surface area contributed by atoms with E-state index in [0.29, 0.717) is 6.61 Å². The first-order chi connectivity index (χ1) is 9.79. The van der Waals surface area contributed by atoms with Crippen molar-refractivity contribution in [3.8, 4) is 0 Å². The van der Waals surface area contributed by atoms with E-state index in [0.717, 1.165) is 49.5 Å². The van der Waals surface area contributed by atoms with E-state index in [4.69, 9.17) is 21.1 Å². The monoisotopic (exact) mass is 297 g/mol. The number of ether oxygens (including phenoxy) is 2. The van der Waals surface area contributed by atoms with Gasteiger partial charge in [0.05, 0.1) is 18.8 Å². The number of rotatable bonds is 8. The van der Waals surface area contributed by atoms with Gasteiger partial charge >= 0.3 is 0 Å². The van der Waals surface area contributed by atoms with Crippen LogP contribution >= 0.6 is 11.6 Å². The summed E-state index contributed by atoms with van der Waals surface area (Å²) in [6.45, 7) is 5.53. The van der Waals surface area contributed by atoms with Crippen LogP contribution in [0.15, 0.2) is 24.3 Å². The summed E-state index contributed by atoms with van der Waals surface area (Å²) in [6.07, 6.45) is 3.70. The van der Waals surface area contributed by atoms with E-state index < -0.39 is 0 Å². The summed E-state index contributed by atoms with van der Waals surface area (Å²) in [5.74, 6) is 0. The molecule has 1 aliphatic heterocycles. The number of nitrogens with one attached hydrogen (secondary N) is 1.